The summed E-state index contributed by atoms with van der Waals surface area (Å²) < 4.78 is 10.2. The molecule has 1 saturated heterocycles. The normalized spacial score (nSPS) is 19.9. The van der Waals surface area contributed by atoms with Gasteiger partial charge >= 0.3 is 0 Å². The van der Waals surface area contributed by atoms with Crippen LogP contribution < -0.4 is 5.32 Å². The van der Waals surface area contributed by atoms with Crippen molar-refractivity contribution in [3.8, 4) is 0 Å². The van der Waals surface area contributed by atoms with Gasteiger partial charge in [0.2, 0.25) is 12.3 Å². The summed E-state index contributed by atoms with van der Waals surface area (Å²) in [6, 6.07) is -0.0203. The van der Waals surface area contributed by atoms with Crippen LogP contribution in [0.1, 0.15) is 34.1 Å². The molecule has 5 nitrogen and oxygen atoms in total. The van der Waals surface area contributed by atoms with Gasteiger partial charge < -0.3 is 14.4 Å². The molecule has 0 aromatic heterocycles. The fourth-order valence-corrected chi connectivity index (χ4v) is 1.64. The van der Waals surface area contributed by atoms with E-state index in [2.05, 4.69) is 12.2 Å². The Morgan fingerprint density at radius 3 is 2.35 bits per heavy atom. The van der Waals surface area contributed by atoms with Crippen LogP contribution >= 0.6 is 0 Å². The molecule has 100 valence electrons. The van der Waals surface area contributed by atoms with Gasteiger partial charge in [0.25, 0.3) is 0 Å². The molecule has 0 spiro atoms. The van der Waals surface area contributed by atoms with Crippen molar-refractivity contribution in [2.45, 2.75) is 52.6 Å². The lowest BCUT2D eigenvalue weighted by atomic mass is 10.0. The van der Waals surface area contributed by atoms with Crippen LogP contribution in [-0.2, 0) is 14.3 Å². The van der Waals surface area contributed by atoms with Gasteiger partial charge in [-0.2, -0.15) is 0 Å². The highest BCUT2D eigenvalue weighted by molar-refractivity contribution is 5.82. The Balaban J connectivity index is 2.58. The van der Waals surface area contributed by atoms with Crippen molar-refractivity contribution in [3.05, 3.63) is 0 Å². The average molecular weight is 244 g/mol. The molecule has 0 bridgehead atoms. The number of nitrogens with one attached hydrogen (secondary N) is 1. The summed E-state index contributed by atoms with van der Waals surface area (Å²) in [5.74, 6) is 0.287. The quantitative estimate of drug-likeness (QED) is 0.761. The van der Waals surface area contributed by atoms with Crippen molar-refractivity contribution in [2.24, 2.45) is 5.92 Å². The van der Waals surface area contributed by atoms with Gasteiger partial charge in [-0.3, -0.25) is 10.1 Å². The minimum absolute atomic E-state index is 0.0912. The number of likely N-dealkylation sites (N-methyl/N-ethyl adjacent to an activating group) is 1. The molecule has 0 aromatic rings. The van der Waals surface area contributed by atoms with E-state index in [1.165, 1.54) is 0 Å². The zero-order valence-corrected chi connectivity index (χ0v) is 11.4. The predicted molar refractivity (Wildman–Crippen MR) is 65.1 cm³/mol. The van der Waals surface area contributed by atoms with E-state index in [0.29, 0.717) is 6.79 Å². The smallest absolute Gasteiger partial charge is 0.240 e. The standard InChI is InChI=1S/C12H24N2O3/c1-6-9(4)14(5)11(15)10(8(2)3)13-12-16-7-17-12/h8-10,12-13H,6-7H2,1-5H3/t9-,10+/m1/s1. The molecule has 2 atom stereocenters. The number of rotatable bonds is 6. The maximum atomic E-state index is 12.3. The maximum absolute atomic E-state index is 12.3. The van der Waals surface area contributed by atoms with Crippen LogP contribution in [0.15, 0.2) is 0 Å². The Bertz CT molecular complexity index is 254. The third-order valence-corrected chi connectivity index (χ3v) is 3.29. The van der Waals surface area contributed by atoms with Crippen molar-refractivity contribution in [1.29, 1.82) is 0 Å². The van der Waals surface area contributed by atoms with Crippen LogP contribution in [0.25, 0.3) is 0 Å². The van der Waals surface area contributed by atoms with Crippen molar-refractivity contribution in [3.63, 3.8) is 0 Å². The summed E-state index contributed by atoms with van der Waals surface area (Å²) in [5.41, 5.74) is 0. The van der Waals surface area contributed by atoms with Gasteiger partial charge in [0.15, 0.2) is 6.79 Å². The van der Waals surface area contributed by atoms with Gasteiger partial charge in [-0.25, -0.2) is 0 Å². The number of hydrogen-bond acceptors (Lipinski definition) is 4. The topological polar surface area (TPSA) is 50.8 Å². The third-order valence-electron chi connectivity index (χ3n) is 3.29. The summed E-state index contributed by atoms with van der Waals surface area (Å²) in [6.45, 7) is 8.45. The number of ether oxygens (including phenoxy) is 2. The number of carbonyl (C=O) groups is 1. The van der Waals surface area contributed by atoms with Crippen LogP contribution in [0.4, 0.5) is 0 Å². The lowest BCUT2D eigenvalue weighted by Crippen LogP contribution is -2.57. The fraction of sp³-hybridized carbons (Fsp3) is 0.917. The van der Waals surface area contributed by atoms with Gasteiger partial charge in [0.1, 0.15) is 0 Å². The Morgan fingerprint density at radius 2 is 2.00 bits per heavy atom. The van der Waals surface area contributed by atoms with Crippen molar-refractivity contribution < 1.29 is 14.3 Å². The summed E-state index contributed by atoms with van der Waals surface area (Å²) in [7, 11) is 1.84. The minimum Gasteiger partial charge on any atom is -0.342 e. The van der Waals surface area contributed by atoms with Crippen LogP contribution in [0.3, 0.4) is 0 Å². The molecule has 1 amide bonds. The molecule has 0 saturated carbocycles. The minimum atomic E-state index is -0.434. The second-order valence-electron chi connectivity index (χ2n) is 4.88. The molecule has 1 fully saturated rings. The van der Waals surface area contributed by atoms with Gasteiger partial charge in [0.05, 0.1) is 6.04 Å². The molecule has 0 unspecified atom stereocenters. The number of amides is 1. The summed E-state index contributed by atoms with van der Waals surface area (Å²) in [5, 5.41) is 3.08. The first-order valence-electron chi connectivity index (χ1n) is 6.23. The molecule has 0 aliphatic carbocycles. The summed E-state index contributed by atoms with van der Waals surface area (Å²) in [6.07, 6.45) is 0.514. The van der Waals surface area contributed by atoms with E-state index >= 15 is 0 Å². The maximum Gasteiger partial charge on any atom is 0.240 e. The van der Waals surface area contributed by atoms with Crippen LogP contribution in [0.2, 0.25) is 0 Å². The van der Waals surface area contributed by atoms with E-state index in [0.717, 1.165) is 6.42 Å². The monoisotopic (exact) mass is 244 g/mol. The number of nitrogens with zero attached hydrogens (tertiary/aromatic N) is 1. The molecule has 0 aromatic carbocycles. The Hall–Kier alpha value is -0.650. The van der Waals surface area contributed by atoms with Gasteiger partial charge in [-0.05, 0) is 19.3 Å². The van der Waals surface area contributed by atoms with Crippen molar-refractivity contribution >= 4 is 5.91 Å². The second kappa shape index (κ2) is 6.33. The Labute approximate surface area is 103 Å². The third kappa shape index (κ3) is 3.66. The molecule has 5 heteroatoms. The zero-order chi connectivity index (χ0) is 13.0. The first-order valence-corrected chi connectivity index (χ1v) is 6.23. The van der Waals surface area contributed by atoms with E-state index < -0.39 is 6.41 Å². The molecule has 1 N–H and O–H groups in total. The zero-order valence-electron chi connectivity index (χ0n) is 11.4. The van der Waals surface area contributed by atoms with Crippen LogP contribution in [0, 0.1) is 5.92 Å². The molecule has 17 heavy (non-hydrogen) atoms. The van der Waals surface area contributed by atoms with E-state index in [1.54, 1.807) is 4.90 Å². The average Bonchev–Trinajstić information content (AvgIpc) is 2.24. The van der Waals surface area contributed by atoms with Crippen LogP contribution in [0.5, 0.6) is 0 Å². The van der Waals surface area contributed by atoms with E-state index in [4.69, 9.17) is 9.47 Å². The predicted octanol–water partition coefficient (Wildman–Crippen LogP) is 1.15. The van der Waals surface area contributed by atoms with E-state index in [-0.39, 0.29) is 23.9 Å². The molecular formula is C12H24N2O3. The first-order chi connectivity index (χ1) is 7.97. The largest absolute Gasteiger partial charge is 0.342 e. The number of carbonyl (C=O) groups excluding carboxylic acids is 1. The Kier molecular flexibility index (Phi) is 5.36. The molecule has 1 heterocycles. The molecular weight excluding hydrogens is 220 g/mol. The van der Waals surface area contributed by atoms with Crippen LogP contribution in [-0.4, -0.2) is 43.1 Å². The van der Waals surface area contributed by atoms with Gasteiger partial charge in [-0.15, -0.1) is 0 Å². The van der Waals surface area contributed by atoms with Gasteiger partial charge in [-0.1, -0.05) is 20.8 Å². The number of hydrogen-bond donors (Lipinski definition) is 1. The molecule has 1 rings (SSSR count). The summed E-state index contributed by atoms with van der Waals surface area (Å²) in [4.78, 5) is 14.1. The first kappa shape index (κ1) is 14.4. The lowest BCUT2D eigenvalue weighted by molar-refractivity contribution is -0.335. The fourth-order valence-electron chi connectivity index (χ4n) is 1.64. The Morgan fingerprint density at radius 1 is 1.41 bits per heavy atom. The highest BCUT2D eigenvalue weighted by atomic mass is 16.9. The second-order valence-corrected chi connectivity index (χ2v) is 4.88. The van der Waals surface area contributed by atoms with Gasteiger partial charge in [0, 0.05) is 13.1 Å². The molecule has 1 aliphatic rings. The van der Waals surface area contributed by atoms with E-state index in [1.807, 2.05) is 27.8 Å². The van der Waals surface area contributed by atoms with Crippen molar-refractivity contribution in [1.82, 2.24) is 10.2 Å². The molecule has 0 radical (unpaired) electrons. The molecule has 1 aliphatic heterocycles. The van der Waals surface area contributed by atoms with E-state index in [9.17, 15) is 4.79 Å². The lowest BCUT2D eigenvalue weighted by Gasteiger charge is -2.35. The summed E-state index contributed by atoms with van der Waals surface area (Å²) >= 11 is 0. The highest BCUT2D eigenvalue weighted by Crippen LogP contribution is 2.13. The SMILES string of the molecule is CC[C@@H](C)N(C)C(=O)[C@@H](NC1OCO1)C(C)C. The highest BCUT2D eigenvalue weighted by Gasteiger charge is 2.31. The van der Waals surface area contributed by atoms with Crippen molar-refractivity contribution in [2.75, 3.05) is 13.8 Å².